The Morgan fingerprint density at radius 3 is 3.00 bits per heavy atom. The van der Waals surface area contributed by atoms with Gasteiger partial charge in [0.2, 0.25) is 0 Å². The molecule has 1 unspecified atom stereocenters. The molecule has 0 amide bonds. The lowest BCUT2D eigenvalue weighted by molar-refractivity contribution is 0.286. The highest BCUT2D eigenvalue weighted by Gasteiger charge is 2.09. The van der Waals surface area contributed by atoms with Gasteiger partial charge in [0.1, 0.15) is 0 Å². The van der Waals surface area contributed by atoms with Gasteiger partial charge in [0.15, 0.2) is 0 Å². The average molecular weight is 159 g/mol. The fourth-order valence-electron chi connectivity index (χ4n) is 1.21. The molecule has 4 N–H and O–H groups in total. The van der Waals surface area contributed by atoms with Gasteiger partial charge in [-0.3, -0.25) is 0 Å². The smallest absolute Gasteiger partial charge is 0.0555 e. The van der Waals surface area contributed by atoms with Gasteiger partial charge in [-0.2, -0.15) is 0 Å². The van der Waals surface area contributed by atoms with Crippen LogP contribution in [0.2, 0.25) is 0 Å². The van der Waals surface area contributed by atoms with Gasteiger partial charge in [-0.25, -0.2) is 0 Å². The molecule has 0 aliphatic carbocycles. The highest BCUT2D eigenvalue weighted by atomic mass is 16.3. The van der Waals surface area contributed by atoms with Crippen molar-refractivity contribution in [2.45, 2.75) is 6.04 Å². The summed E-state index contributed by atoms with van der Waals surface area (Å²) in [7, 11) is 0. The van der Waals surface area contributed by atoms with Crippen molar-refractivity contribution in [2.75, 3.05) is 39.3 Å². The predicted molar refractivity (Wildman–Crippen MR) is 44.6 cm³/mol. The van der Waals surface area contributed by atoms with E-state index in [-0.39, 0.29) is 6.61 Å². The highest BCUT2D eigenvalue weighted by Crippen LogP contribution is 1.83. The summed E-state index contributed by atoms with van der Waals surface area (Å²) >= 11 is 0. The number of rotatable bonds is 4. The number of nitrogens with one attached hydrogen (secondary N) is 3. The van der Waals surface area contributed by atoms with E-state index in [2.05, 4.69) is 16.0 Å². The topological polar surface area (TPSA) is 56.3 Å². The summed E-state index contributed by atoms with van der Waals surface area (Å²) in [4.78, 5) is 0. The van der Waals surface area contributed by atoms with E-state index in [1.807, 2.05) is 0 Å². The molecule has 1 saturated heterocycles. The van der Waals surface area contributed by atoms with Crippen molar-refractivity contribution < 1.29 is 5.11 Å². The standard InChI is InChI=1S/C7H17N3O/c11-4-3-9-6-7-5-8-1-2-10-7/h7-11H,1-6H2. The SMILES string of the molecule is OCCNCC1CNCCN1. The average Bonchev–Trinajstić information content (AvgIpc) is 2.07. The molecule has 11 heavy (non-hydrogen) atoms. The van der Waals surface area contributed by atoms with Gasteiger partial charge in [0.25, 0.3) is 0 Å². The van der Waals surface area contributed by atoms with Crippen molar-refractivity contribution in [1.29, 1.82) is 0 Å². The summed E-state index contributed by atoms with van der Waals surface area (Å²) in [5, 5.41) is 18.3. The zero-order valence-electron chi connectivity index (χ0n) is 6.77. The van der Waals surface area contributed by atoms with Crippen molar-refractivity contribution in [3.05, 3.63) is 0 Å². The number of hydrogen-bond acceptors (Lipinski definition) is 4. The first kappa shape index (κ1) is 8.93. The molecule has 1 heterocycles. The van der Waals surface area contributed by atoms with Crippen molar-refractivity contribution in [2.24, 2.45) is 0 Å². The Morgan fingerprint density at radius 1 is 1.45 bits per heavy atom. The zero-order chi connectivity index (χ0) is 7.94. The first-order valence-electron chi connectivity index (χ1n) is 4.19. The molecule has 0 aromatic carbocycles. The van der Waals surface area contributed by atoms with Crippen LogP contribution in [0.1, 0.15) is 0 Å². The van der Waals surface area contributed by atoms with E-state index in [9.17, 15) is 0 Å². The van der Waals surface area contributed by atoms with Crippen molar-refractivity contribution in [1.82, 2.24) is 16.0 Å². The molecule has 0 saturated carbocycles. The quantitative estimate of drug-likeness (QED) is 0.363. The molecule has 0 spiro atoms. The van der Waals surface area contributed by atoms with E-state index in [0.29, 0.717) is 12.6 Å². The Kier molecular flexibility index (Phi) is 4.45. The highest BCUT2D eigenvalue weighted by molar-refractivity contribution is 4.76. The zero-order valence-corrected chi connectivity index (χ0v) is 6.77. The summed E-state index contributed by atoms with van der Waals surface area (Å²) in [6.07, 6.45) is 0. The maximum Gasteiger partial charge on any atom is 0.0555 e. The Morgan fingerprint density at radius 2 is 2.36 bits per heavy atom. The van der Waals surface area contributed by atoms with E-state index in [0.717, 1.165) is 26.2 Å². The molecular formula is C7H17N3O. The lowest BCUT2D eigenvalue weighted by Crippen LogP contribution is -2.52. The fourth-order valence-corrected chi connectivity index (χ4v) is 1.21. The molecule has 1 aliphatic rings. The second kappa shape index (κ2) is 5.49. The van der Waals surface area contributed by atoms with Crippen LogP contribution in [-0.4, -0.2) is 50.5 Å². The largest absolute Gasteiger partial charge is 0.395 e. The molecule has 0 radical (unpaired) electrons. The lowest BCUT2D eigenvalue weighted by atomic mass is 10.2. The Hall–Kier alpha value is -0.160. The molecule has 4 nitrogen and oxygen atoms in total. The van der Waals surface area contributed by atoms with Gasteiger partial charge in [-0.1, -0.05) is 0 Å². The number of aliphatic hydroxyl groups is 1. The van der Waals surface area contributed by atoms with Gasteiger partial charge in [0.05, 0.1) is 6.61 Å². The summed E-state index contributed by atoms with van der Waals surface area (Å²) in [6, 6.07) is 0.523. The van der Waals surface area contributed by atoms with Crippen LogP contribution in [0.25, 0.3) is 0 Å². The molecule has 0 aromatic rings. The number of hydrogen-bond donors (Lipinski definition) is 4. The number of aliphatic hydroxyl groups excluding tert-OH is 1. The van der Waals surface area contributed by atoms with Gasteiger partial charge >= 0.3 is 0 Å². The second-order valence-electron chi connectivity index (χ2n) is 2.78. The van der Waals surface area contributed by atoms with Crippen LogP contribution in [0.5, 0.6) is 0 Å². The third kappa shape index (κ3) is 3.67. The maximum atomic E-state index is 8.50. The molecular weight excluding hydrogens is 142 g/mol. The van der Waals surface area contributed by atoms with E-state index in [1.165, 1.54) is 0 Å². The van der Waals surface area contributed by atoms with Crippen LogP contribution < -0.4 is 16.0 Å². The third-order valence-electron chi connectivity index (χ3n) is 1.80. The van der Waals surface area contributed by atoms with Crippen LogP contribution in [0.15, 0.2) is 0 Å². The van der Waals surface area contributed by atoms with E-state index >= 15 is 0 Å². The first-order chi connectivity index (χ1) is 5.43. The van der Waals surface area contributed by atoms with Crippen LogP contribution in [-0.2, 0) is 0 Å². The molecule has 1 aliphatic heterocycles. The van der Waals surface area contributed by atoms with Crippen molar-refractivity contribution in [3.63, 3.8) is 0 Å². The van der Waals surface area contributed by atoms with E-state index in [4.69, 9.17) is 5.11 Å². The minimum absolute atomic E-state index is 0.222. The minimum Gasteiger partial charge on any atom is -0.395 e. The molecule has 66 valence electrons. The second-order valence-corrected chi connectivity index (χ2v) is 2.78. The maximum absolute atomic E-state index is 8.50. The lowest BCUT2D eigenvalue weighted by Gasteiger charge is -2.24. The van der Waals surface area contributed by atoms with Gasteiger partial charge in [0, 0.05) is 38.8 Å². The molecule has 4 heteroatoms. The minimum atomic E-state index is 0.222. The molecule has 1 fully saturated rings. The normalized spacial score (nSPS) is 25.4. The van der Waals surface area contributed by atoms with Crippen LogP contribution in [0, 0.1) is 0 Å². The molecule has 1 atom stereocenters. The monoisotopic (exact) mass is 159 g/mol. The summed E-state index contributed by atoms with van der Waals surface area (Å²) < 4.78 is 0. The van der Waals surface area contributed by atoms with Crippen molar-refractivity contribution in [3.8, 4) is 0 Å². The van der Waals surface area contributed by atoms with Crippen LogP contribution in [0.4, 0.5) is 0 Å². The molecule has 0 bridgehead atoms. The first-order valence-corrected chi connectivity index (χ1v) is 4.19. The Labute approximate surface area is 67.4 Å². The van der Waals surface area contributed by atoms with Gasteiger partial charge < -0.3 is 21.1 Å². The van der Waals surface area contributed by atoms with Gasteiger partial charge in [-0.15, -0.1) is 0 Å². The van der Waals surface area contributed by atoms with Crippen LogP contribution >= 0.6 is 0 Å². The summed E-state index contributed by atoms with van der Waals surface area (Å²) in [6.45, 7) is 4.99. The third-order valence-corrected chi connectivity index (χ3v) is 1.80. The molecule has 1 rings (SSSR count). The number of piperazine rings is 1. The summed E-state index contributed by atoms with van der Waals surface area (Å²) in [5.41, 5.74) is 0. The molecule has 0 aromatic heterocycles. The van der Waals surface area contributed by atoms with E-state index < -0.39 is 0 Å². The van der Waals surface area contributed by atoms with Crippen molar-refractivity contribution >= 4 is 0 Å². The van der Waals surface area contributed by atoms with Gasteiger partial charge in [-0.05, 0) is 0 Å². The Bertz CT molecular complexity index is 93.7. The fraction of sp³-hybridized carbons (Fsp3) is 1.00. The summed E-state index contributed by atoms with van der Waals surface area (Å²) in [5.74, 6) is 0. The predicted octanol–water partition coefficient (Wildman–Crippen LogP) is -1.87. The Balaban J connectivity index is 1.96. The van der Waals surface area contributed by atoms with E-state index in [1.54, 1.807) is 0 Å². The van der Waals surface area contributed by atoms with Crippen LogP contribution in [0.3, 0.4) is 0 Å².